The fourth-order valence-corrected chi connectivity index (χ4v) is 5.98. The minimum Gasteiger partial charge on any atom is -0.356 e. The predicted octanol–water partition coefficient (Wildman–Crippen LogP) is 2.59. The molecule has 2 fully saturated rings. The van der Waals surface area contributed by atoms with Crippen LogP contribution >= 0.6 is 11.8 Å². The van der Waals surface area contributed by atoms with Crippen molar-refractivity contribution in [2.45, 2.75) is 108 Å². The van der Waals surface area contributed by atoms with Gasteiger partial charge in [-0.05, 0) is 44.9 Å². The number of amides is 5. The summed E-state index contributed by atoms with van der Waals surface area (Å²) in [5, 5.41) is 15.2. The Labute approximate surface area is 214 Å². The number of hydrogen-bond acceptors (Lipinski definition) is 5. The second-order valence-electron chi connectivity index (χ2n) is 9.54. The summed E-state index contributed by atoms with van der Waals surface area (Å²) in [6.07, 6.45) is 10.8. The molecule has 0 aliphatic carbocycles. The summed E-state index contributed by atoms with van der Waals surface area (Å²) >= 11 is 1.91. The van der Waals surface area contributed by atoms with Crippen molar-refractivity contribution in [3.05, 3.63) is 0 Å². The molecule has 3 unspecified atom stereocenters. The second kappa shape index (κ2) is 17.5. The van der Waals surface area contributed by atoms with Gasteiger partial charge in [0.2, 0.25) is 17.7 Å². The van der Waals surface area contributed by atoms with E-state index in [0.29, 0.717) is 37.6 Å². The van der Waals surface area contributed by atoms with E-state index in [1.54, 1.807) is 0 Å². The van der Waals surface area contributed by atoms with Gasteiger partial charge >= 0.3 is 6.03 Å². The zero-order valence-corrected chi connectivity index (χ0v) is 22.1. The Hall–Kier alpha value is -1.97. The first-order chi connectivity index (χ1) is 17.0. The van der Waals surface area contributed by atoms with Gasteiger partial charge in [-0.2, -0.15) is 11.8 Å². The van der Waals surface area contributed by atoms with E-state index < -0.39 is 0 Å². The molecule has 200 valence electrons. The van der Waals surface area contributed by atoms with Gasteiger partial charge in [0.1, 0.15) is 0 Å². The van der Waals surface area contributed by atoms with Crippen molar-refractivity contribution in [2.75, 3.05) is 25.4 Å². The lowest BCUT2D eigenvalue weighted by atomic mass is 10.0. The molecule has 2 saturated heterocycles. The van der Waals surface area contributed by atoms with Gasteiger partial charge < -0.3 is 26.6 Å². The topological polar surface area (TPSA) is 128 Å². The third kappa shape index (κ3) is 12.5. The fourth-order valence-electron chi connectivity index (χ4n) is 4.43. The molecule has 2 aliphatic rings. The van der Waals surface area contributed by atoms with Crippen molar-refractivity contribution in [1.29, 1.82) is 0 Å². The van der Waals surface area contributed by atoms with Crippen LogP contribution in [0, 0.1) is 0 Å². The predicted molar refractivity (Wildman–Crippen MR) is 140 cm³/mol. The lowest BCUT2D eigenvalue weighted by Gasteiger charge is -2.16. The normalized spacial score (nSPS) is 20.6. The SMILES string of the molecule is CCCNC(=O)CCCCCNC(=O)CCCCCNC(=O)CCCCC1SCC2NC(=O)NC21. The van der Waals surface area contributed by atoms with Gasteiger partial charge in [-0.3, -0.25) is 14.4 Å². The molecule has 5 amide bonds. The summed E-state index contributed by atoms with van der Waals surface area (Å²) in [5.41, 5.74) is 0. The molecular weight excluding hydrogens is 466 g/mol. The van der Waals surface area contributed by atoms with Gasteiger partial charge in [0.15, 0.2) is 0 Å². The van der Waals surface area contributed by atoms with Gasteiger partial charge in [0, 0.05) is 49.9 Å². The van der Waals surface area contributed by atoms with Crippen molar-refractivity contribution < 1.29 is 19.2 Å². The molecule has 0 spiro atoms. The number of carbonyl (C=O) groups excluding carboxylic acids is 4. The van der Waals surface area contributed by atoms with Crippen molar-refractivity contribution in [3.8, 4) is 0 Å². The molecule has 3 atom stereocenters. The fraction of sp³-hybridized carbons (Fsp3) is 0.840. The van der Waals surface area contributed by atoms with Crippen molar-refractivity contribution >= 4 is 35.5 Å². The molecule has 0 aromatic carbocycles. The van der Waals surface area contributed by atoms with Crippen LogP contribution in [-0.4, -0.2) is 66.5 Å². The highest BCUT2D eigenvalue weighted by molar-refractivity contribution is 8.00. The third-order valence-corrected chi connectivity index (χ3v) is 7.97. The number of unbranched alkanes of at least 4 members (excludes halogenated alkanes) is 5. The van der Waals surface area contributed by atoms with E-state index in [9.17, 15) is 19.2 Å². The highest BCUT2D eigenvalue weighted by Crippen LogP contribution is 2.33. The maximum absolute atomic E-state index is 12.0. The summed E-state index contributed by atoms with van der Waals surface area (Å²) in [4.78, 5) is 46.8. The van der Waals surface area contributed by atoms with Crippen LogP contribution in [0.5, 0.6) is 0 Å². The maximum atomic E-state index is 12.0. The molecule has 0 bridgehead atoms. The van der Waals surface area contributed by atoms with Crippen LogP contribution in [0.15, 0.2) is 0 Å². The van der Waals surface area contributed by atoms with Crippen LogP contribution < -0.4 is 26.6 Å². The first-order valence-corrected chi connectivity index (χ1v) is 14.5. The molecule has 0 saturated carbocycles. The van der Waals surface area contributed by atoms with Crippen LogP contribution in [0.3, 0.4) is 0 Å². The summed E-state index contributed by atoms with van der Waals surface area (Å²) < 4.78 is 0. The average molecular weight is 512 g/mol. The molecule has 0 radical (unpaired) electrons. The molecule has 5 N–H and O–H groups in total. The molecular formula is C25H45N5O4S. The van der Waals surface area contributed by atoms with E-state index in [1.165, 1.54) is 0 Å². The van der Waals surface area contributed by atoms with Gasteiger partial charge in [-0.25, -0.2) is 4.79 Å². The van der Waals surface area contributed by atoms with E-state index in [-0.39, 0.29) is 35.8 Å². The zero-order valence-electron chi connectivity index (χ0n) is 21.3. The van der Waals surface area contributed by atoms with Gasteiger partial charge in [0.25, 0.3) is 0 Å². The number of nitrogens with one attached hydrogen (secondary N) is 5. The first kappa shape index (κ1) is 29.3. The number of hydrogen-bond donors (Lipinski definition) is 5. The highest BCUT2D eigenvalue weighted by atomic mass is 32.2. The van der Waals surface area contributed by atoms with Gasteiger partial charge in [0.05, 0.1) is 12.1 Å². The average Bonchev–Trinajstić information content (AvgIpc) is 3.39. The van der Waals surface area contributed by atoms with Crippen molar-refractivity contribution in [2.24, 2.45) is 0 Å². The van der Waals surface area contributed by atoms with E-state index in [0.717, 1.165) is 76.5 Å². The Kier molecular flexibility index (Phi) is 14.6. The lowest BCUT2D eigenvalue weighted by Crippen LogP contribution is -2.36. The molecule has 0 aromatic rings. The smallest absolute Gasteiger partial charge is 0.315 e. The summed E-state index contributed by atoms with van der Waals surface area (Å²) in [6.45, 7) is 4.10. The molecule has 2 aliphatic heterocycles. The Bertz CT molecular complexity index is 678. The molecule has 10 heteroatoms. The quantitative estimate of drug-likeness (QED) is 0.135. The van der Waals surface area contributed by atoms with Crippen molar-refractivity contribution in [1.82, 2.24) is 26.6 Å². The van der Waals surface area contributed by atoms with E-state index >= 15 is 0 Å². The van der Waals surface area contributed by atoms with Crippen LogP contribution in [-0.2, 0) is 14.4 Å². The third-order valence-electron chi connectivity index (χ3n) is 6.46. The van der Waals surface area contributed by atoms with Crippen LogP contribution in [0.4, 0.5) is 4.79 Å². The first-order valence-electron chi connectivity index (χ1n) is 13.5. The maximum Gasteiger partial charge on any atom is 0.315 e. The van der Waals surface area contributed by atoms with Gasteiger partial charge in [-0.15, -0.1) is 0 Å². The number of rotatable bonds is 19. The van der Waals surface area contributed by atoms with Crippen LogP contribution in [0.1, 0.15) is 90.4 Å². The Morgan fingerprint density at radius 1 is 0.771 bits per heavy atom. The molecule has 0 aromatic heterocycles. The number of urea groups is 1. The largest absolute Gasteiger partial charge is 0.356 e. The van der Waals surface area contributed by atoms with Gasteiger partial charge in [-0.1, -0.05) is 26.2 Å². The molecule has 2 heterocycles. The molecule has 2 rings (SSSR count). The monoisotopic (exact) mass is 511 g/mol. The van der Waals surface area contributed by atoms with E-state index in [4.69, 9.17) is 0 Å². The summed E-state index contributed by atoms with van der Waals surface area (Å²) in [6, 6.07) is 0.438. The second-order valence-corrected chi connectivity index (χ2v) is 10.8. The number of fused-ring (bicyclic) bond motifs is 1. The van der Waals surface area contributed by atoms with E-state index in [2.05, 4.69) is 26.6 Å². The minimum atomic E-state index is -0.0538. The summed E-state index contributed by atoms with van der Waals surface area (Å²) in [7, 11) is 0. The Morgan fingerprint density at radius 2 is 1.31 bits per heavy atom. The Morgan fingerprint density at radius 3 is 1.89 bits per heavy atom. The highest BCUT2D eigenvalue weighted by Gasteiger charge is 2.42. The van der Waals surface area contributed by atoms with Crippen LogP contribution in [0.2, 0.25) is 0 Å². The number of thioether (sulfide) groups is 1. The lowest BCUT2D eigenvalue weighted by molar-refractivity contribution is -0.122. The minimum absolute atomic E-state index is 0.0538. The van der Waals surface area contributed by atoms with Crippen LogP contribution in [0.25, 0.3) is 0 Å². The Balaban J connectivity index is 1.33. The molecule has 35 heavy (non-hydrogen) atoms. The molecule has 9 nitrogen and oxygen atoms in total. The summed E-state index contributed by atoms with van der Waals surface area (Å²) in [5.74, 6) is 1.26. The zero-order chi connectivity index (χ0) is 25.3. The standard InChI is InChI=1S/C25H45N5O4S/c1-2-15-26-21(31)12-5-3-9-16-27-22(32)13-6-4-10-17-28-23(33)14-8-7-11-20-24-19(18-35-20)29-25(34)30-24/h19-20,24H,2-18H2,1H3,(H,26,31)(H,27,32)(H,28,33)(H2,29,30,34). The van der Waals surface area contributed by atoms with Crippen molar-refractivity contribution in [3.63, 3.8) is 0 Å². The number of carbonyl (C=O) groups is 4. The van der Waals surface area contributed by atoms with E-state index in [1.807, 2.05) is 18.7 Å².